The van der Waals surface area contributed by atoms with Crippen LogP contribution in [0.5, 0.6) is 0 Å². The highest BCUT2D eigenvalue weighted by Gasteiger charge is 2.53. The molecule has 21 heavy (non-hydrogen) atoms. The molecule has 6 nitrogen and oxygen atoms in total. The van der Waals surface area contributed by atoms with Crippen molar-refractivity contribution in [2.24, 2.45) is 10.8 Å². The third-order valence-corrected chi connectivity index (χ3v) is 5.21. The van der Waals surface area contributed by atoms with Gasteiger partial charge in [0.2, 0.25) is 11.8 Å². The van der Waals surface area contributed by atoms with Crippen molar-refractivity contribution < 1.29 is 24.2 Å². The van der Waals surface area contributed by atoms with Crippen molar-refractivity contribution in [2.45, 2.75) is 46.0 Å². The number of nitrogens with zero attached hydrogens (tertiary/aromatic N) is 1. The van der Waals surface area contributed by atoms with Crippen LogP contribution in [0.3, 0.4) is 0 Å². The Morgan fingerprint density at radius 2 is 1.81 bits per heavy atom. The number of carbonyl (C=O) groups excluding carboxylic acids is 2. The first-order chi connectivity index (χ1) is 9.91. The molecule has 2 saturated heterocycles. The number of rotatable bonds is 5. The number of hydrogen-bond acceptors (Lipinski definition) is 4. The average molecular weight is 297 g/mol. The maximum Gasteiger partial charge on any atom is 0.311 e. The van der Waals surface area contributed by atoms with Gasteiger partial charge in [-0.15, -0.1) is 0 Å². The molecule has 0 aromatic rings. The Bertz CT molecular complexity index is 449. The molecule has 0 saturated carbocycles. The lowest BCUT2D eigenvalue weighted by Crippen LogP contribution is -2.49. The number of aliphatic carboxylic acids is 1. The van der Waals surface area contributed by atoms with Crippen molar-refractivity contribution in [3.8, 4) is 0 Å². The summed E-state index contributed by atoms with van der Waals surface area (Å²) in [5.41, 5.74) is -1.69. The maximum atomic E-state index is 12.6. The lowest BCUT2D eigenvalue weighted by atomic mass is 9.79. The van der Waals surface area contributed by atoms with Crippen LogP contribution >= 0.6 is 0 Å². The van der Waals surface area contributed by atoms with Gasteiger partial charge >= 0.3 is 5.97 Å². The topological polar surface area (TPSA) is 83.9 Å². The molecular weight excluding hydrogens is 274 g/mol. The maximum absolute atomic E-state index is 12.6. The fourth-order valence-electron chi connectivity index (χ4n) is 3.33. The molecule has 2 aliphatic rings. The molecule has 0 aromatic heterocycles. The summed E-state index contributed by atoms with van der Waals surface area (Å²) in [4.78, 5) is 37.7. The van der Waals surface area contributed by atoms with E-state index >= 15 is 0 Å². The van der Waals surface area contributed by atoms with Crippen molar-refractivity contribution in [2.75, 3.05) is 19.8 Å². The number of carboxylic acid groups (broad SMARTS) is 1. The van der Waals surface area contributed by atoms with E-state index in [9.17, 15) is 19.5 Å². The molecule has 0 aromatic carbocycles. The molecule has 2 amide bonds. The number of ether oxygens (including phenoxy) is 1. The third kappa shape index (κ3) is 2.57. The summed E-state index contributed by atoms with van der Waals surface area (Å²) in [6.45, 7) is 4.49. The molecule has 6 heteroatoms. The van der Waals surface area contributed by atoms with E-state index in [2.05, 4.69) is 0 Å². The zero-order chi connectivity index (χ0) is 15.7. The fraction of sp³-hybridized carbons (Fsp3) is 0.800. The Hall–Kier alpha value is -1.43. The van der Waals surface area contributed by atoms with Crippen molar-refractivity contribution in [1.29, 1.82) is 0 Å². The van der Waals surface area contributed by atoms with Crippen LogP contribution in [0.15, 0.2) is 0 Å². The lowest BCUT2D eigenvalue weighted by molar-refractivity contribution is -0.159. The standard InChI is InChI=1S/C15H23NO5/c1-3-14(4-2)9-11(17)16(12(14)18)10-15(13(19)20)5-7-21-8-6-15/h3-10H2,1-2H3,(H,19,20). The van der Waals surface area contributed by atoms with E-state index < -0.39 is 16.8 Å². The molecule has 2 aliphatic heterocycles. The monoisotopic (exact) mass is 297 g/mol. The van der Waals surface area contributed by atoms with Crippen molar-refractivity contribution in [3.63, 3.8) is 0 Å². The number of imide groups is 1. The minimum atomic E-state index is -1.05. The van der Waals surface area contributed by atoms with Crippen LogP contribution in [0.4, 0.5) is 0 Å². The first-order valence-corrected chi connectivity index (χ1v) is 7.57. The quantitative estimate of drug-likeness (QED) is 0.776. The van der Waals surface area contributed by atoms with Gasteiger partial charge in [-0.2, -0.15) is 0 Å². The number of carbonyl (C=O) groups is 3. The Kier molecular flexibility index (Phi) is 4.37. The van der Waals surface area contributed by atoms with Gasteiger partial charge < -0.3 is 9.84 Å². The highest BCUT2D eigenvalue weighted by atomic mass is 16.5. The van der Waals surface area contributed by atoms with Crippen LogP contribution in [-0.2, 0) is 19.1 Å². The molecule has 2 heterocycles. The van der Waals surface area contributed by atoms with Gasteiger partial charge in [0.25, 0.3) is 0 Å². The van der Waals surface area contributed by atoms with E-state index in [0.717, 1.165) is 0 Å². The molecule has 118 valence electrons. The summed E-state index contributed by atoms with van der Waals surface area (Å²) in [5.74, 6) is -1.39. The third-order valence-electron chi connectivity index (χ3n) is 5.21. The van der Waals surface area contributed by atoms with Crippen molar-refractivity contribution >= 4 is 17.8 Å². The normalized spacial score (nSPS) is 24.4. The number of amides is 2. The van der Waals surface area contributed by atoms with E-state index in [4.69, 9.17) is 4.74 Å². The van der Waals surface area contributed by atoms with Crippen molar-refractivity contribution in [1.82, 2.24) is 4.90 Å². The predicted octanol–water partition coefficient (Wildman–Crippen LogP) is 1.43. The fourth-order valence-corrected chi connectivity index (χ4v) is 3.33. The zero-order valence-corrected chi connectivity index (χ0v) is 12.7. The molecule has 0 bridgehead atoms. The van der Waals surface area contributed by atoms with Gasteiger partial charge in [-0.3, -0.25) is 19.3 Å². The van der Waals surface area contributed by atoms with E-state index in [0.29, 0.717) is 38.9 Å². The van der Waals surface area contributed by atoms with Gasteiger partial charge in [-0.1, -0.05) is 13.8 Å². The molecule has 0 radical (unpaired) electrons. The van der Waals surface area contributed by atoms with Crippen LogP contribution < -0.4 is 0 Å². The summed E-state index contributed by atoms with van der Waals surface area (Å²) in [6.07, 6.45) is 2.09. The first-order valence-electron chi connectivity index (χ1n) is 7.57. The Labute approximate surface area is 124 Å². The number of carboxylic acids is 1. The Balaban J connectivity index is 2.23. The molecule has 0 spiro atoms. The molecular formula is C15H23NO5. The minimum absolute atomic E-state index is 0.0227. The summed E-state index contributed by atoms with van der Waals surface area (Å²) < 4.78 is 5.22. The first kappa shape index (κ1) is 15.9. The molecule has 0 unspecified atom stereocenters. The summed E-state index contributed by atoms with van der Waals surface area (Å²) in [5, 5.41) is 9.56. The second-order valence-electron chi connectivity index (χ2n) is 6.15. The predicted molar refractivity (Wildman–Crippen MR) is 74.5 cm³/mol. The summed E-state index contributed by atoms with van der Waals surface area (Å²) in [6, 6.07) is 0. The van der Waals surface area contributed by atoms with Crippen molar-refractivity contribution in [3.05, 3.63) is 0 Å². The van der Waals surface area contributed by atoms with Crippen LogP contribution in [0.1, 0.15) is 46.0 Å². The summed E-state index contributed by atoms with van der Waals surface area (Å²) in [7, 11) is 0. The molecule has 0 atom stereocenters. The van der Waals surface area contributed by atoms with Gasteiger partial charge in [-0.05, 0) is 25.7 Å². The highest BCUT2D eigenvalue weighted by molar-refractivity contribution is 6.06. The Morgan fingerprint density at radius 3 is 2.24 bits per heavy atom. The summed E-state index contributed by atoms with van der Waals surface area (Å²) >= 11 is 0. The van der Waals surface area contributed by atoms with Gasteiger partial charge in [0.05, 0.1) is 10.8 Å². The van der Waals surface area contributed by atoms with Crippen LogP contribution in [0.2, 0.25) is 0 Å². The van der Waals surface area contributed by atoms with Gasteiger partial charge in [0.1, 0.15) is 0 Å². The molecule has 2 rings (SSSR count). The van der Waals surface area contributed by atoms with Crippen LogP contribution in [-0.4, -0.2) is 47.5 Å². The van der Waals surface area contributed by atoms with E-state index in [1.165, 1.54) is 4.90 Å². The second-order valence-corrected chi connectivity index (χ2v) is 6.15. The van der Waals surface area contributed by atoms with Gasteiger partial charge in [0, 0.05) is 26.2 Å². The highest BCUT2D eigenvalue weighted by Crippen LogP contribution is 2.42. The number of likely N-dealkylation sites (tertiary alicyclic amines) is 1. The minimum Gasteiger partial charge on any atom is -0.481 e. The van der Waals surface area contributed by atoms with Crippen LogP contribution in [0.25, 0.3) is 0 Å². The number of hydrogen-bond donors (Lipinski definition) is 1. The van der Waals surface area contributed by atoms with Gasteiger partial charge in [0.15, 0.2) is 0 Å². The van der Waals surface area contributed by atoms with E-state index in [1.54, 1.807) is 0 Å². The Morgan fingerprint density at radius 1 is 1.24 bits per heavy atom. The second kappa shape index (κ2) is 5.75. The average Bonchev–Trinajstić information content (AvgIpc) is 2.72. The smallest absolute Gasteiger partial charge is 0.311 e. The van der Waals surface area contributed by atoms with E-state index in [1.807, 2.05) is 13.8 Å². The largest absolute Gasteiger partial charge is 0.481 e. The van der Waals surface area contributed by atoms with Gasteiger partial charge in [-0.25, -0.2) is 0 Å². The molecule has 1 N–H and O–H groups in total. The lowest BCUT2D eigenvalue weighted by Gasteiger charge is -2.36. The molecule has 2 fully saturated rings. The zero-order valence-electron chi connectivity index (χ0n) is 12.7. The van der Waals surface area contributed by atoms with Crippen LogP contribution in [0, 0.1) is 10.8 Å². The molecule has 0 aliphatic carbocycles. The van der Waals surface area contributed by atoms with E-state index in [-0.39, 0.29) is 24.8 Å². The SMILES string of the molecule is CCC1(CC)CC(=O)N(CC2(C(=O)O)CCOCC2)C1=O.